The minimum absolute atomic E-state index is 0.426. The van der Waals surface area contributed by atoms with Gasteiger partial charge < -0.3 is 0 Å². The first kappa shape index (κ1) is 11.2. The molecule has 1 rings (SSSR count). The van der Waals surface area contributed by atoms with Crippen molar-refractivity contribution in [3.63, 3.8) is 0 Å². The molecule has 0 heterocycles. The van der Waals surface area contributed by atoms with Crippen molar-refractivity contribution >= 4 is 10.1 Å². The van der Waals surface area contributed by atoms with Gasteiger partial charge in [0.2, 0.25) is 0 Å². The molecule has 3 nitrogen and oxygen atoms in total. The molecule has 0 aliphatic carbocycles. The number of benzene rings is 1. The first-order valence-corrected chi connectivity index (χ1v) is 6.15. The van der Waals surface area contributed by atoms with Crippen molar-refractivity contribution in [3.8, 4) is 0 Å². The van der Waals surface area contributed by atoms with E-state index in [0.29, 0.717) is 0 Å². The molecule has 1 aromatic rings. The highest BCUT2D eigenvalue weighted by Gasteiger charge is 2.11. The van der Waals surface area contributed by atoms with E-state index < -0.39 is 16.2 Å². The van der Waals surface area contributed by atoms with Gasteiger partial charge in [-0.25, -0.2) is 0 Å². The van der Waals surface area contributed by atoms with Crippen LogP contribution in [-0.2, 0) is 14.3 Å². The lowest BCUT2D eigenvalue weighted by molar-refractivity contribution is 0.236. The molecule has 0 saturated carbocycles. The van der Waals surface area contributed by atoms with Gasteiger partial charge in [0.05, 0.1) is 12.4 Å². The Kier molecular flexibility index (Phi) is 3.29. The van der Waals surface area contributed by atoms with Gasteiger partial charge in [-0.1, -0.05) is 29.8 Å². The van der Waals surface area contributed by atoms with Crippen LogP contribution in [0.25, 0.3) is 0 Å². The molecular weight excluding hydrogens is 200 g/mol. The summed E-state index contributed by atoms with van der Waals surface area (Å²) < 4.78 is 26.6. The van der Waals surface area contributed by atoms with Gasteiger partial charge in [0.25, 0.3) is 10.1 Å². The third-order valence-corrected chi connectivity index (χ3v) is 2.47. The zero-order valence-corrected chi connectivity index (χ0v) is 9.34. The summed E-state index contributed by atoms with van der Waals surface area (Å²) in [4.78, 5) is 0. The van der Waals surface area contributed by atoms with E-state index in [2.05, 4.69) is 0 Å². The van der Waals surface area contributed by atoms with Crippen LogP contribution < -0.4 is 0 Å². The van der Waals surface area contributed by atoms with E-state index in [1.54, 1.807) is 6.92 Å². The maximum absolute atomic E-state index is 10.9. The van der Waals surface area contributed by atoms with Crippen molar-refractivity contribution in [1.82, 2.24) is 0 Å². The molecule has 4 heteroatoms. The van der Waals surface area contributed by atoms with E-state index in [1.807, 2.05) is 31.2 Å². The zero-order valence-electron chi connectivity index (χ0n) is 8.52. The van der Waals surface area contributed by atoms with Gasteiger partial charge >= 0.3 is 0 Å². The molecular formula is C10H14O3S. The fourth-order valence-electron chi connectivity index (χ4n) is 1.24. The van der Waals surface area contributed by atoms with Crippen molar-refractivity contribution < 1.29 is 12.6 Å². The molecule has 1 unspecified atom stereocenters. The Bertz CT molecular complexity index is 409. The van der Waals surface area contributed by atoms with Gasteiger partial charge in [-0.2, -0.15) is 8.42 Å². The van der Waals surface area contributed by atoms with E-state index in [0.717, 1.165) is 17.4 Å². The maximum Gasteiger partial charge on any atom is 0.264 e. The Balaban J connectivity index is 2.85. The molecule has 14 heavy (non-hydrogen) atoms. The number of hydrogen-bond donors (Lipinski definition) is 0. The largest absolute Gasteiger partial charge is 0.264 e. The predicted molar refractivity (Wildman–Crippen MR) is 55.5 cm³/mol. The van der Waals surface area contributed by atoms with E-state index >= 15 is 0 Å². The standard InChI is InChI=1S/C10H14O3S/c1-8-5-4-6-10(7-8)9(2)13-14(3,11)12/h4-7,9H,1-3H3. The van der Waals surface area contributed by atoms with Crippen LogP contribution >= 0.6 is 0 Å². The van der Waals surface area contributed by atoms with E-state index in [-0.39, 0.29) is 0 Å². The zero-order chi connectivity index (χ0) is 10.8. The van der Waals surface area contributed by atoms with Gasteiger partial charge in [-0.3, -0.25) is 4.18 Å². The topological polar surface area (TPSA) is 43.4 Å². The normalized spacial score (nSPS) is 13.9. The first-order valence-electron chi connectivity index (χ1n) is 4.33. The summed E-state index contributed by atoms with van der Waals surface area (Å²) in [5.41, 5.74) is 1.96. The van der Waals surface area contributed by atoms with E-state index in [1.165, 1.54) is 0 Å². The average molecular weight is 214 g/mol. The summed E-state index contributed by atoms with van der Waals surface area (Å²) >= 11 is 0. The number of hydrogen-bond acceptors (Lipinski definition) is 3. The molecule has 0 amide bonds. The van der Waals surface area contributed by atoms with E-state index in [4.69, 9.17) is 4.18 Å². The summed E-state index contributed by atoms with van der Waals surface area (Å²) in [7, 11) is -3.38. The second-order valence-corrected chi connectivity index (χ2v) is 4.96. The van der Waals surface area contributed by atoms with Crippen molar-refractivity contribution in [2.24, 2.45) is 0 Å². The number of aryl methyl sites for hydroxylation is 1. The molecule has 0 aliphatic rings. The Morgan fingerprint density at radius 3 is 2.50 bits per heavy atom. The Morgan fingerprint density at radius 1 is 1.36 bits per heavy atom. The predicted octanol–water partition coefficient (Wildman–Crippen LogP) is 2.03. The molecule has 0 fully saturated rings. The summed E-state index contributed by atoms with van der Waals surface area (Å²) in [6.45, 7) is 3.67. The first-order chi connectivity index (χ1) is 6.38. The van der Waals surface area contributed by atoms with Crippen LogP contribution in [0.3, 0.4) is 0 Å². The molecule has 78 valence electrons. The fraction of sp³-hybridized carbons (Fsp3) is 0.400. The van der Waals surface area contributed by atoms with Gasteiger partial charge in [-0.05, 0) is 19.4 Å². The minimum Gasteiger partial charge on any atom is -0.262 e. The SMILES string of the molecule is Cc1cccc(C(C)OS(C)(=O)=O)c1. The van der Waals surface area contributed by atoms with Crippen molar-refractivity contribution in [1.29, 1.82) is 0 Å². The average Bonchev–Trinajstić information content (AvgIpc) is 2.01. The lowest BCUT2D eigenvalue weighted by Gasteiger charge is -2.11. The van der Waals surface area contributed by atoms with Crippen molar-refractivity contribution in [2.45, 2.75) is 20.0 Å². The molecule has 0 aromatic heterocycles. The quantitative estimate of drug-likeness (QED) is 0.723. The Hall–Kier alpha value is -0.870. The van der Waals surface area contributed by atoms with Crippen LogP contribution in [0.1, 0.15) is 24.2 Å². The summed E-state index contributed by atoms with van der Waals surface area (Å²) in [5.74, 6) is 0. The summed E-state index contributed by atoms with van der Waals surface area (Å²) in [5, 5.41) is 0. The van der Waals surface area contributed by atoms with Crippen LogP contribution in [0.15, 0.2) is 24.3 Å². The second-order valence-electron chi connectivity index (χ2n) is 3.36. The molecule has 1 aromatic carbocycles. The molecule has 0 radical (unpaired) electrons. The maximum atomic E-state index is 10.9. The Labute approximate surface area is 84.8 Å². The third-order valence-electron chi connectivity index (χ3n) is 1.83. The monoisotopic (exact) mass is 214 g/mol. The highest BCUT2D eigenvalue weighted by Crippen LogP contribution is 2.19. The summed E-state index contributed by atoms with van der Waals surface area (Å²) in [6, 6.07) is 7.60. The van der Waals surface area contributed by atoms with Crippen LogP contribution in [-0.4, -0.2) is 14.7 Å². The van der Waals surface area contributed by atoms with Crippen LogP contribution in [0.4, 0.5) is 0 Å². The van der Waals surface area contributed by atoms with Crippen LogP contribution in [0.2, 0.25) is 0 Å². The molecule has 0 saturated heterocycles. The van der Waals surface area contributed by atoms with Gasteiger partial charge in [0, 0.05) is 0 Å². The van der Waals surface area contributed by atoms with Crippen LogP contribution in [0.5, 0.6) is 0 Å². The highest BCUT2D eigenvalue weighted by atomic mass is 32.2. The molecule has 1 atom stereocenters. The fourth-order valence-corrected chi connectivity index (χ4v) is 1.88. The van der Waals surface area contributed by atoms with Gasteiger partial charge in [-0.15, -0.1) is 0 Å². The van der Waals surface area contributed by atoms with Crippen molar-refractivity contribution in [2.75, 3.05) is 6.26 Å². The summed E-state index contributed by atoms with van der Waals surface area (Å²) in [6.07, 6.45) is 0.629. The third kappa shape index (κ3) is 3.47. The van der Waals surface area contributed by atoms with Gasteiger partial charge in [0.15, 0.2) is 0 Å². The molecule has 0 N–H and O–H groups in total. The molecule has 0 spiro atoms. The highest BCUT2D eigenvalue weighted by molar-refractivity contribution is 7.86. The molecule has 0 bridgehead atoms. The van der Waals surface area contributed by atoms with E-state index in [9.17, 15) is 8.42 Å². The number of rotatable bonds is 3. The lowest BCUT2D eigenvalue weighted by atomic mass is 10.1. The minimum atomic E-state index is -3.38. The molecule has 0 aliphatic heterocycles. The second kappa shape index (κ2) is 4.11. The van der Waals surface area contributed by atoms with Gasteiger partial charge in [0.1, 0.15) is 0 Å². The smallest absolute Gasteiger partial charge is 0.262 e. The van der Waals surface area contributed by atoms with Crippen molar-refractivity contribution in [3.05, 3.63) is 35.4 Å². The lowest BCUT2D eigenvalue weighted by Crippen LogP contribution is -2.07. The van der Waals surface area contributed by atoms with Crippen LogP contribution in [0, 0.1) is 6.92 Å². The Morgan fingerprint density at radius 2 is 2.00 bits per heavy atom.